The molecule has 4 rings (SSSR count). The second kappa shape index (κ2) is 7.39. The molecule has 136 valence electrons. The monoisotopic (exact) mass is 371 g/mol. The fourth-order valence-electron chi connectivity index (χ4n) is 3.80. The van der Waals surface area contributed by atoms with Crippen molar-refractivity contribution < 1.29 is 14.6 Å². The Morgan fingerprint density at radius 1 is 1.19 bits per heavy atom. The lowest BCUT2D eigenvalue weighted by Crippen LogP contribution is -2.30. The summed E-state index contributed by atoms with van der Waals surface area (Å²) in [5.74, 6) is 0.128. The van der Waals surface area contributed by atoms with Gasteiger partial charge in [-0.05, 0) is 47.2 Å². The zero-order valence-electron chi connectivity index (χ0n) is 14.5. The van der Waals surface area contributed by atoms with E-state index in [1.165, 1.54) is 16.8 Å². The predicted molar refractivity (Wildman–Crippen MR) is 102 cm³/mol. The van der Waals surface area contributed by atoms with Crippen LogP contribution in [0, 0.1) is 0 Å². The number of hydrogen-bond acceptors (Lipinski definition) is 4. The molecule has 2 N–H and O–H groups in total. The number of carbonyl (C=O) groups is 1. The normalized spacial score (nSPS) is 22.2. The van der Waals surface area contributed by atoms with Crippen molar-refractivity contribution in [2.75, 3.05) is 18.5 Å². The van der Waals surface area contributed by atoms with Gasteiger partial charge in [-0.15, -0.1) is 0 Å². The Morgan fingerprint density at radius 3 is 2.92 bits per heavy atom. The zero-order chi connectivity index (χ0) is 18.1. The lowest BCUT2D eigenvalue weighted by molar-refractivity contribution is -0.139. The number of halogens is 1. The molecule has 26 heavy (non-hydrogen) atoms. The summed E-state index contributed by atoms with van der Waals surface area (Å²) in [5, 5.41) is 13.4. The minimum atomic E-state index is -0.412. The lowest BCUT2D eigenvalue weighted by Gasteiger charge is -2.28. The van der Waals surface area contributed by atoms with Crippen molar-refractivity contribution >= 4 is 23.1 Å². The summed E-state index contributed by atoms with van der Waals surface area (Å²) in [6.45, 7) is 0.861. The number of anilines is 1. The van der Waals surface area contributed by atoms with Crippen molar-refractivity contribution in [2.45, 2.75) is 37.9 Å². The maximum atomic E-state index is 11.9. The van der Waals surface area contributed by atoms with E-state index in [-0.39, 0.29) is 24.9 Å². The number of aliphatic hydroxyl groups excluding tert-OH is 1. The van der Waals surface area contributed by atoms with E-state index in [9.17, 15) is 9.90 Å². The van der Waals surface area contributed by atoms with Gasteiger partial charge in [-0.25, -0.2) is 0 Å². The first kappa shape index (κ1) is 17.5. The van der Waals surface area contributed by atoms with Crippen LogP contribution in [0.1, 0.15) is 41.2 Å². The van der Waals surface area contributed by atoms with E-state index in [1.807, 2.05) is 18.2 Å². The molecule has 4 nitrogen and oxygen atoms in total. The minimum Gasteiger partial charge on any atom is -0.394 e. The van der Waals surface area contributed by atoms with Gasteiger partial charge in [0.05, 0.1) is 18.8 Å². The standard InChI is InChI=1S/C21H22ClNO3/c22-19-3-2-15(21-11-17(25)10-18(12-24)26-21)9-16(19)8-13-1-4-20-14(7-13)5-6-23-20/h1-4,7,9,18,21,23-24H,5-6,8,10-12H2/t18-,21+/m0/s1. The SMILES string of the molecule is O=C1C[C@@H](CO)O[C@@H](c2ccc(Cl)c(Cc3ccc4c(c3)CCN4)c2)C1. The fraction of sp³-hybridized carbons (Fsp3) is 0.381. The largest absolute Gasteiger partial charge is 0.394 e. The second-order valence-electron chi connectivity index (χ2n) is 7.07. The molecule has 0 saturated carbocycles. The van der Waals surface area contributed by atoms with Crippen LogP contribution in [0.4, 0.5) is 5.69 Å². The van der Waals surface area contributed by atoms with Crippen molar-refractivity contribution in [3.05, 3.63) is 63.7 Å². The number of aliphatic hydroxyl groups is 1. The number of ether oxygens (including phenoxy) is 1. The first-order valence-corrected chi connectivity index (χ1v) is 9.42. The average molecular weight is 372 g/mol. The fourth-order valence-corrected chi connectivity index (χ4v) is 3.98. The molecule has 2 aliphatic heterocycles. The summed E-state index contributed by atoms with van der Waals surface area (Å²) < 4.78 is 5.88. The molecule has 0 radical (unpaired) electrons. The molecule has 2 heterocycles. The van der Waals surface area contributed by atoms with Crippen LogP contribution in [0.15, 0.2) is 36.4 Å². The quantitative estimate of drug-likeness (QED) is 0.860. The minimum absolute atomic E-state index is 0.128. The third-order valence-corrected chi connectivity index (χ3v) is 5.51. The molecular weight excluding hydrogens is 350 g/mol. The van der Waals surface area contributed by atoms with Crippen molar-refractivity contribution in [2.24, 2.45) is 0 Å². The van der Waals surface area contributed by atoms with Gasteiger partial charge in [-0.2, -0.15) is 0 Å². The summed E-state index contributed by atoms with van der Waals surface area (Å²) in [5.41, 5.74) is 5.76. The van der Waals surface area contributed by atoms with Gasteiger partial charge in [0.15, 0.2) is 0 Å². The molecule has 0 aromatic heterocycles. The first-order valence-electron chi connectivity index (χ1n) is 9.04. The van der Waals surface area contributed by atoms with Gasteiger partial charge < -0.3 is 15.2 Å². The van der Waals surface area contributed by atoms with Crippen molar-refractivity contribution in [3.63, 3.8) is 0 Å². The molecule has 2 aliphatic rings. The number of ketones is 1. The molecule has 0 amide bonds. The summed E-state index contributed by atoms with van der Waals surface area (Å²) >= 11 is 6.43. The van der Waals surface area contributed by atoms with Crippen LogP contribution in [-0.4, -0.2) is 30.1 Å². The Morgan fingerprint density at radius 2 is 2.08 bits per heavy atom. The Labute approximate surface area is 158 Å². The summed E-state index contributed by atoms with van der Waals surface area (Å²) in [6.07, 6.45) is 1.71. The molecule has 2 aromatic rings. The number of rotatable bonds is 4. The molecule has 0 unspecified atom stereocenters. The van der Waals surface area contributed by atoms with E-state index in [0.717, 1.165) is 30.5 Å². The highest BCUT2D eigenvalue weighted by molar-refractivity contribution is 6.31. The first-order chi connectivity index (χ1) is 12.6. The highest BCUT2D eigenvalue weighted by Gasteiger charge is 2.28. The summed E-state index contributed by atoms with van der Waals surface area (Å²) in [7, 11) is 0. The van der Waals surface area contributed by atoms with E-state index in [1.54, 1.807) is 0 Å². The van der Waals surface area contributed by atoms with Gasteiger partial charge in [-0.3, -0.25) is 4.79 Å². The smallest absolute Gasteiger partial charge is 0.138 e. The summed E-state index contributed by atoms with van der Waals surface area (Å²) in [6, 6.07) is 12.3. The lowest BCUT2D eigenvalue weighted by atomic mass is 9.94. The number of fused-ring (bicyclic) bond motifs is 1. The van der Waals surface area contributed by atoms with Crippen LogP contribution in [-0.2, 0) is 22.4 Å². The van der Waals surface area contributed by atoms with Crippen LogP contribution in [0.5, 0.6) is 0 Å². The van der Waals surface area contributed by atoms with Gasteiger partial charge in [-0.1, -0.05) is 35.9 Å². The van der Waals surface area contributed by atoms with E-state index < -0.39 is 6.10 Å². The van der Waals surface area contributed by atoms with Gasteiger partial charge in [0, 0.05) is 30.1 Å². The molecular formula is C21H22ClNO3. The van der Waals surface area contributed by atoms with E-state index in [0.29, 0.717) is 11.4 Å². The molecule has 1 saturated heterocycles. The average Bonchev–Trinajstić information content (AvgIpc) is 3.10. The van der Waals surface area contributed by atoms with E-state index in [2.05, 4.69) is 23.5 Å². The van der Waals surface area contributed by atoms with Crippen molar-refractivity contribution in [1.29, 1.82) is 0 Å². The highest BCUT2D eigenvalue weighted by Crippen LogP contribution is 2.33. The third-order valence-electron chi connectivity index (χ3n) is 5.14. The molecule has 2 aromatic carbocycles. The Hall–Kier alpha value is -1.88. The van der Waals surface area contributed by atoms with Crippen LogP contribution >= 0.6 is 11.6 Å². The maximum Gasteiger partial charge on any atom is 0.138 e. The number of benzene rings is 2. The van der Waals surface area contributed by atoms with Crippen LogP contribution in [0.25, 0.3) is 0 Å². The third kappa shape index (κ3) is 3.63. The molecule has 0 spiro atoms. The summed E-state index contributed by atoms with van der Waals surface area (Å²) in [4.78, 5) is 11.9. The van der Waals surface area contributed by atoms with Gasteiger partial charge in [0.2, 0.25) is 0 Å². The predicted octanol–water partition coefficient (Wildman–Crippen LogP) is 3.68. The van der Waals surface area contributed by atoms with Gasteiger partial charge in [0.1, 0.15) is 5.78 Å². The Balaban J connectivity index is 1.57. The van der Waals surface area contributed by atoms with Crippen molar-refractivity contribution in [3.8, 4) is 0 Å². The molecule has 1 fully saturated rings. The van der Waals surface area contributed by atoms with Crippen molar-refractivity contribution in [1.82, 2.24) is 0 Å². The topological polar surface area (TPSA) is 58.6 Å². The zero-order valence-corrected chi connectivity index (χ0v) is 15.3. The molecule has 0 aliphatic carbocycles. The Bertz CT molecular complexity index is 836. The van der Waals surface area contributed by atoms with E-state index >= 15 is 0 Å². The number of carbonyl (C=O) groups excluding carboxylic acids is 1. The molecule has 2 atom stereocenters. The number of Topliss-reactive ketones (excluding diaryl/α,β-unsaturated/α-hetero) is 1. The van der Waals surface area contributed by atoms with E-state index in [4.69, 9.17) is 16.3 Å². The van der Waals surface area contributed by atoms with Crippen LogP contribution in [0.2, 0.25) is 5.02 Å². The Kier molecular flexibility index (Phi) is 4.98. The van der Waals surface area contributed by atoms with Gasteiger partial charge >= 0.3 is 0 Å². The molecule has 0 bridgehead atoms. The van der Waals surface area contributed by atoms with Crippen LogP contribution in [0.3, 0.4) is 0 Å². The maximum absolute atomic E-state index is 11.9. The van der Waals surface area contributed by atoms with Gasteiger partial charge in [0.25, 0.3) is 0 Å². The number of hydrogen-bond donors (Lipinski definition) is 2. The number of nitrogens with one attached hydrogen (secondary N) is 1. The highest BCUT2D eigenvalue weighted by atomic mass is 35.5. The van der Waals surface area contributed by atoms with Crippen LogP contribution < -0.4 is 5.32 Å². The second-order valence-corrected chi connectivity index (χ2v) is 7.48. The molecule has 5 heteroatoms.